The Bertz CT molecular complexity index is 906. The van der Waals surface area contributed by atoms with E-state index in [1.54, 1.807) is 6.92 Å². The first kappa shape index (κ1) is 15.9. The first-order valence-electron chi connectivity index (χ1n) is 6.45. The van der Waals surface area contributed by atoms with Crippen molar-refractivity contribution in [1.29, 1.82) is 0 Å². The van der Waals surface area contributed by atoms with Gasteiger partial charge < -0.3 is 9.47 Å². The van der Waals surface area contributed by atoms with E-state index in [1.165, 1.54) is 0 Å². The topological polar surface area (TPSA) is 86.7 Å². The van der Waals surface area contributed by atoms with Crippen LogP contribution >= 0.6 is 47.8 Å². The Kier molecular flexibility index (Phi) is 3.29. The van der Waals surface area contributed by atoms with Gasteiger partial charge in [0, 0.05) is 24.2 Å². The number of esters is 4. The smallest absolute Gasteiger partial charge is 0.347 e. The Morgan fingerprint density at radius 2 is 0.917 bits per heavy atom. The fraction of sp³-hybridized carbons (Fsp3) is 0.0667. The van der Waals surface area contributed by atoms with Crippen LogP contribution in [-0.2, 0) is 9.47 Å². The molecule has 0 atom stereocenters. The third-order valence-corrected chi connectivity index (χ3v) is 7.10. The molecule has 2 aliphatic heterocycles. The molecule has 0 bridgehead atoms. The van der Waals surface area contributed by atoms with Crippen LogP contribution in [0.1, 0.15) is 47.0 Å². The predicted octanol–water partition coefficient (Wildman–Crippen LogP) is 4.06. The number of benzene rings is 2. The molecule has 0 fully saturated rings. The average molecular weight is 519 g/mol. The van der Waals surface area contributed by atoms with Gasteiger partial charge in [0.2, 0.25) is 0 Å². The van der Waals surface area contributed by atoms with Crippen LogP contribution in [0.25, 0.3) is 10.8 Å². The zero-order valence-electron chi connectivity index (χ0n) is 11.6. The van der Waals surface area contributed by atoms with Gasteiger partial charge in [0.25, 0.3) is 0 Å². The van der Waals surface area contributed by atoms with Crippen LogP contribution in [0.4, 0.5) is 0 Å². The number of cyclic esters (lactones) is 4. The summed E-state index contributed by atoms with van der Waals surface area (Å²) in [4.78, 5) is 49.0. The number of ether oxygens (including phenoxy) is 2. The standard InChI is InChI=1S/C15H3Br3O6/c1-2-3-4-5-6(9(2)16)13(20)24-15(22)8(5)11(18)10(17)7(4)14(21)23-12(3)19/h1H3. The van der Waals surface area contributed by atoms with Gasteiger partial charge in [-0.2, -0.15) is 0 Å². The van der Waals surface area contributed by atoms with Gasteiger partial charge in [0.1, 0.15) is 0 Å². The summed E-state index contributed by atoms with van der Waals surface area (Å²) in [6.45, 7) is 1.61. The van der Waals surface area contributed by atoms with Crippen LogP contribution in [0.5, 0.6) is 0 Å². The number of carbonyl (C=O) groups excluding carboxylic acids is 4. The number of rotatable bonds is 0. The summed E-state index contributed by atoms with van der Waals surface area (Å²) in [5.74, 6) is -3.39. The second-order valence-electron chi connectivity index (χ2n) is 5.17. The molecule has 0 saturated heterocycles. The third kappa shape index (κ3) is 1.75. The van der Waals surface area contributed by atoms with Gasteiger partial charge in [0.05, 0.1) is 22.3 Å². The van der Waals surface area contributed by atoms with Crippen LogP contribution in [-0.4, -0.2) is 23.9 Å². The molecule has 0 aromatic heterocycles. The molecule has 2 aliphatic rings. The van der Waals surface area contributed by atoms with Crippen LogP contribution in [0.15, 0.2) is 13.4 Å². The highest BCUT2D eigenvalue weighted by Crippen LogP contribution is 2.48. The summed E-state index contributed by atoms with van der Waals surface area (Å²) < 4.78 is 10.4. The van der Waals surface area contributed by atoms with Crippen molar-refractivity contribution in [1.82, 2.24) is 0 Å². The van der Waals surface area contributed by atoms with Gasteiger partial charge in [-0.1, -0.05) is 0 Å². The van der Waals surface area contributed by atoms with E-state index in [9.17, 15) is 19.2 Å². The zero-order valence-corrected chi connectivity index (χ0v) is 16.3. The van der Waals surface area contributed by atoms with Crippen molar-refractivity contribution < 1.29 is 28.7 Å². The molecule has 120 valence electrons. The summed E-state index contributed by atoms with van der Waals surface area (Å²) in [5, 5.41) is 0.404. The fourth-order valence-corrected chi connectivity index (χ4v) is 4.66. The van der Waals surface area contributed by atoms with Crippen LogP contribution in [0.2, 0.25) is 0 Å². The molecule has 0 aliphatic carbocycles. The predicted molar refractivity (Wildman–Crippen MR) is 91.3 cm³/mol. The number of carbonyl (C=O) groups is 4. The first-order chi connectivity index (χ1) is 11.3. The van der Waals surface area contributed by atoms with Crippen molar-refractivity contribution >= 4 is 82.4 Å². The van der Waals surface area contributed by atoms with E-state index < -0.39 is 23.9 Å². The van der Waals surface area contributed by atoms with Crippen LogP contribution < -0.4 is 0 Å². The van der Waals surface area contributed by atoms with Gasteiger partial charge >= 0.3 is 23.9 Å². The van der Waals surface area contributed by atoms with Gasteiger partial charge in [-0.15, -0.1) is 0 Å². The molecular weight excluding hydrogens is 516 g/mol. The van der Waals surface area contributed by atoms with Gasteiger partial charge in [0.15, 0.2) is 0 Å². The zero-order chi connectivity index (χ0) is 17.5. The van der Waals surface area contributed by atoms with Crippen LogP contribution in [0.3, 0.4) is 0 Å². The minimum absolute atomic E-state index is 0.0691. The van der Waals surface area contributed by atoms with Gasteiger partial charge in [-0.05, 0) is 60.3 Å². The molecule has 0 saturated carbocycles. The van der Waals surface area contributed by atoms with E-state index in [1.807, 2.05) is 0 Å². The minimum Gasteiger partial charge on any atom is -0.386 e. The molecule has 0 unspecified atom stereocenters. The Morgan fingerprint density at radius 3 is 1.38 bits per heavy atom. The molecule has 2 aromatic carbocycles. The molecule has 0 spiro atoms. The SMILES string of the molecule is Cc1c(Br)c2c3c(c(Br)c(Br)c4c3c1C(=O)OC4=O)C(=O)OC2=O. The largest absolute Gasteiger partial charge is 0.386 e. The lowest BCUT2D eigenvalue weighted by Crippen LogP contribution is -2.27. The van der Waals surface area contributed by atoms with E-state index >= 15 is 0 Å². The number of halogens is 3. The highest BCUT2D eigenvalue weighted by Gasteiger charge is 2.41. The van der Waals surface area contributed by atoms with E-state index in [-0.39, 0.29) is 42.0 Å². The molecule has 0 radical (unpaired) electrons. The lowest BCUT2D eigenvalue weighted by atomic mass is 9.87. The highest BCUT2D eigenvalue weighted by atomic mass is 79.9. The Morgan fingerprint density at radius 1 is 0.583 bits per heavy atom. The number of hydrogen-bond donors (Lipinski definition) is 0. The maximum Gasteiger partial charge on any atom is 0.347 e. The second-order valence-corrected chi connectivity index (χ2v) is 7.55. The van der Waals surface area contributed by atoms with Gasteiger partial charge in [-0.3, -0.25) is 0 Å². The van der Waals surface area contributed by atoms with E-state index in [0.29, 0.717) is 10.0 Å². The van der Waals surface area contributed by atoms with Crippen molar-refractivity contribution in [3.05, 3.63) is 41.2 Å². The Labute approximate surface area is 158 Å². The quantitative estimate of drug-likeness (QED) is 0.386. The summed E-state index contributed by atoms with van der Waals surface area (Å²) in [6, 6.07) is 0. The van der Waals surface area contributed by atoms with Crippen molar-refractivity contribution in [3.8, 4) is 0 Å². The lowest BCUT2D eigenvalue weighted by molar-refractivity contribution is 0.0363. The maximum absolute atomic E-state index is 12.3. The fourth-order valence-electron chi connectivity index (χ4n) is 2.99. The maximum atomic E-state index is 12.3. The average Bonchev–Trinajstić information content (AvgIpc) is 2.49. The molecule has 4 rings (SSSR count). The highest BCUT2D eigenvalue weighted by molar-refractivity contribution is 9.13. The van der Waals surface area contributed by atoms with Gasteiger partial charge in [-0.25, -0.2) is 19.2 Å². The second kappa shape index (κ2) is 4.96. The molecule has 24 heavy (non-hydrogen) atoms. The van der Waals surface area contributed by atoms with Crippen molar-refractivity contribution in [2.45, 2.75) is 6.92 Å². The van der Waals surface area contributed by atoms with E-state index in [2.05, 4.69) is 47.8 Å². The normalized spacial score (nSPS) is 15.7. The molecule has 9 heteroatoms. The minimum atomic E-state index is -0.861. The summed E-state index contributed by atoms with van der Waals surface area (Å²) in [6.07, 6.45) is 0. The molecule has 2 aromatic rings. The molecule has 0 N–H and O–H groups in total. The monoisotopic (exact) mass is 516 g/mol. The Balaban J connectivity index is 2.45. The van der Waals surface area contributed by atoms with Crippen molar-refractivity contribution in [2.24, 2.45) is 0 Å². The Hall–Kier alpha value is -1.58. The van der Waals surface area contributed by atoms with E-state index in [0.717, 1.165) is 0 Å². The summed E-state index contributed by atoms with van der Waals surface area (Å²) in [7, 11) is 0. The van der Waals surface area contributed by atoms with Crippen molar-refractivity contribution in [3.63, 3.8) is 0 Å². The summed E-state index contributed by atoms with van der Waals surface area (Å²) >= 11 is 9.79. The number of hydrogen-bond acceptors (Lipinski definition) is 6. The summed E-state index contributed by atoms with van der Waals surface area (Å²) in [5.41, 5.74) is 0.793. The van der Waals surface area contributed by atoms with Crippen molar-refractivity contribution in [2.75, 3.05) is 0 Å². The first-order valence-corrected chi connectivity index (χ1v) is 8.83. The molecule has 2 heterocycles. The molecule has 0 amide bonds. The molecular formula is C15H3Br3O6. The third-order valence-electron chi connectivity index (χ3n) is 3.99. The lowest BCUT2D eigenvalue weighted by Gasteiger charge is -2.26. The molecule has 6 nitrogen and oxygen atoms in total. The van der Waals surface area contributed by atoms with Crippen LogP contribution in [0, 0.1) is 6.92 Å². The van der Waals surface area contributed by atoms with E-state index in [4.69, 9.17) is 9.47 Å².